The highest BCUT2D eigenvalue weighted by Crippen LogP contribution is 2.35. The molecule has 2 amide bonds. The number of benzene rings is 1. The molecule has 3 N–H and O–H groups in total. The van der Waals surface area contributed by atoms with Crippen LogP contribution in [0, 0.1) is 11.3 Å². The van der Waals surface area contributed by atoms with Crippen LogP contribution in [0.1, 0.15) is 51.3 Å². The van der Waals surface area contributed by atoms with Gasteiger partial charge in [0.1, 0.15) is 0 Å². The zero-order valence-electron chi connectivity index (χ0n) is 14.0. The summed E-state index contributed by atoms with van der Waals surface area (Å²) in [5.41, 5.74) is 2.44. The Morgan fingerprint density at radius 3 is 2.77 bits per heavy atom. The number of carbonyl (C=O) groups excluding carboxylic acids is 1. The molecule has 0 bridgehead atoms. The molecule has 3 atom stereocenters. The van der Waals surface area contributed by atoms with E-state index in [2.05, 4.69) is 29.7 Å². The van der Waals surface area contributed by atoms with Gasteiger partial charge in [0.05, 0.1) is 12.1 Å². The summed E-state index contributed by atoms with van der Waals surface area (Å²) in [5.74, 6) is 0.411. The van der Waals surface area contributed by atoms with Crippen molar-refractivity contribution in [2.45, 2.75) is 52.7 Å². The summed E-state index contributed by atoms with van der Waals surface area (Å²) < 4.78 is 0. The van der Waals surface area contributed by atoms with Gasteiger partial charge in [0.25, 0.3) is 0 Å². The van der Waals surface area contributed by atoms with Crippen molar-refractivity contribution >= 4 is 6.03 Å². The van der Waals surface area contributed by atoms with Crippen LogP contribution < -0.4 is 10.6 Å². The van der Waals surface area contributed by atoms with E-state index in [4.69, 9.17) is 0 Å². The van der Waals surface area contributed by atoms with Crippen molar-refractivity contribution in [2.75, 3.05) is 6.54 Å². The zero-order valence-corrected chi connectivity index (χ0v) is 14.0. The monoisotopic (exact) mass is 304 g/mol. The highest BCUT2D eigenvalue weighted by atomic mass is 16.3. The smallest absolute Gasteiger partial charge is 0.315 e. The number of amides is 2. The maximum Gasteiger partial charge on any atom is 0.315 e. The van der Waals surface area contributed by atoms with E-state index in [1.807, 2.05) is 26.0 Å². The van der Waals surface area contributed by atoms with Crippen LogP contribution >= 0.6 is 0 Å². The Morgan fingerprint density at radius 1 is 1.41 bits per heavy atom. The molecule has 0 saturated heterocycles. The van der Waals surface area contributed by atoms with Gasteiger partial charge in [0, 0.05) is 6.54 Å². The molecule has 4 nitrogen and oxygen atoms in total. The quantitative estimate of drug-likeness (QED) is 0.783. The van der Waals surface area contributed by atoms with Gasteiger partial charge in [-0.3, -0.25) is 0 Å². The first-order valence-electron chi connectivity index (χ1n) is 8.09. The standard InChI is InChI=1S/C18H28N2O2/c1-12-9-14-7-5-6-8-15(14)16(12)20-17(22)19-11-18(3,4)10-13(2)21/h5-8,12-13,16,21H,9-11H2,1-4H3,(H2,19,20,22). The number of carbonyl (C=O) groups is 1. The first-order chi connectivity index (χ1) is 10.3. The van der Waals surface area contributed by atoms with Gasteiger partial charge in [-0.05, 0) is 42.2 Å². The van der Waals surface area contributed by atoms with Crippen molar-refractivity contribution in [1.82, 2.24) is 10.6 Å². The van der Waals surface area contributed by atoms with E-state index >= 15 is 0 Å². The molecule has 0 radical (unpaired) electrons. The summed E-state index contributed by atoms with van der Waals surface area (Å²) in [5, 5.41) is 15.5. The normalized spacial score (nSPS) is 22.0. The van der Waals surface area contributed by atoms with Crippen LogP contribution in [0.2, 0.25) is 0 Å². The first-order valence-corrected chi connectivity index (χ1v) is 8.09. The number of hydrogen-bond acceptors (Lipinski definition) is 2. The SMILES string of the molecule is CC(O)CC(C)(C)CNC(=O)NC1c2ccccc2CC1C. The molecular formula is C18H28N2O2. The second kappa shape index (κ2) is 6.69. The minimum absolute atomic E-state index is 0.0797. The van der Waals surface area contributed by atoms with Crippen LogP contribution in [0.3, 0.4) is 0 Å². The first kappa shape index (κ1) is 16.8. The lowest BCUT2D eigenvalue weighted by Crippen LogP contribution is -2.43. The molecule has 2 rings (SSSR count). The van der Waals surface area contributed by atoms with Crippen LogP contribution in [0.25, 0.3) is 0 Å². The Balaban J connectivity index is 1.90. The number of fused-ring (bicyclic) bond motifs is 1. The van der Waals surface area contributed by atoms with Gasteiger partial charge in [-0.1, -0.05) is 45.0 Å². The largest absolute Gasteiger partial charge is 0.393 e. The topological polar surface area (TPSA) is 61.4 Å². The van der Waals surface area contributed by atoms with Crippen molar-refractivity contribution < 1.29 is 9.90 Å². The van der Waals surface area contributed by atoms with Gasteiger partial charge >= 0.3 is 6.03 Å². The highest BCUT2D eigenvalue weighted by Gasteiger charge is 2.30. The summed E-state index contributed by atoms with van der Waals surface area (Å²) >= 11 is 0. The van der Waals surface area contributed by atoms with Crippen LogP contribution in [-0.4, -0.2) is 23.8 Å². The summed E-state index contributed by atoms with van der Waals surface area (Å²) in [6.07, 6.45) is 1.31. The average molecular weight is 304 g/mol. The highest BCUT2D eigenvalue weighted by molar-refractivity contribution is 5.74. The van der Waals surface area contributed by atoms with Gasteiger partial charge in [0.15, 0.2) is 0 Å². The molecule has 1 aromatic rings. The summed E-state index contributed by atoms with van der Waals surface area (Å²) in [4.78, 5) is 12.2. The third-order valence-electron chi connectivity index (χ3n) is 4.36. The average Bonchev–Trinajstić information content (AvgIpc) is 2.72. The molecule has 122 valence electrons. The lowest BCUT2D eigenvalue weighted by atomic mass is 9.87. The molecule has 3 unspecified atom stereocenters. The van der Waals surface area contributed by atoms with Crippen LogP contribution in [0.5, 0.6) is 0 Å². The van der Waals surface area contributed by atoms with Crippen molar-refractivity contribution in [3.8, 4) is 0 Å². The number of aliphatic hydroxyl groups is 1. The molecule has 1 aromatic carbocycles. The molecule has 1 aliphatic rings. The predicted octanol–water partition coefficient (Wildman–Crippen LogP) is 3.02. The van der Waals surface area contributed by atoms with E-state index in [1.54, 1.807) is 6.92 Å². The van der Waals surface area contributed by atoms with Crippen molar-refractivity contribution in [2.24, 2.45) is 11.3 Å². The fraction of sp³-hybridized carbons (Fsp3) is 0.611. The Hall–Kier alpha value is -1.55. The molecule has 0 heterocycles. The minimum Gasteiger partial charge on any atom is -0.393 e. The third kappa shape index (κ3) is 4.23. The number of rotatable bonds is 5. The number of hydrogen-bond donors (Lipinski definition) is 3. The van der Waals surface area contributed by atoms with Gasteiger partial charge in [-0.15, -0.1) is 0 Å². The van der Waals surface area contributed by atoms with Gasteiger partial charge in [0.2, 0.25) is 0 Å². The molecule has 4 heteroatoms. The Labute approximate surface area is 133 Å². The van der Waals surface area contributed by atoms with E-state index in [0.29, 0.717) is 18.9 Å². The van der Waals surface area contributed by atoms with Gasteiger partial charge < -0.3 is 15.7 Å². The number of urea groups is 1. The van der Waals surface area contributed by atoms with E-state index in [9.17, 15) is 9.90 Å². The van der Waals surface area contributed by atoms with E-state index in [1.165, 1.54) is 11.1 Å². The van der Waals surface area contributed by atoms with Crippen LogP contribution in [0.4, 0.5) is 4.79 Å². The fourth-order valence-electron chi connectivity index (χ4n) is 3.40. The van der Waals surface area contributed by atoms with E-state index < -0.39 is 0 Å². The van der Waals surface area contributed by atoms with Crippen molar-refractivity contribution in [1.29, 1.82) is 0 Å². The predicted molar refractivity (Wildman–Crippen MR) is 88.7 cm³/mol. The molecular weight excluding hydrogens is 276 g/mol. The van der Waals surface area contributed by atoms with Crippen LogP contribution in [0.15, 0.2) is 24.3 Å². The Bertz CT molecular complexity index is 526. The molecule has 0 fully saturated rings. The Kier molecular flexibility index (Phi) is 5.12. The molecule has 22 heavy (non-hydrogen) atoms. The molecule has 0 aliphatic heterocycles. The van der Waals surface area contributed by atoms with Gasteiger partial charge in [-0.2, -0.15) is 0 Å². The van der Waals surface area contributed by atoms with E-state index in [-0.39, 0.29) is 23.6 Å². The maximum absolute atomic E-state index is 12.2. The number of aliphatic hydroxyl groups excluding tert-OH is 1. The zero-order chi connectivity index (χ0) is 16.3. The van der Waals surface area contributed by atoms with E-state index in [0.717, 1.165) is 6.42 Å². The third-order valence-corrected chi connectivity index (χ3v) is 4.36. The van der Waals surface area contributed by atoms with Crippen molar-refractivity contribution in [3.05, 3.63) is 35.4 Å². The summed E-state index contributed by atoms with van der Waals surface area (Å²) in [6.45, 7) is 8.59. The summed E-state index contributed by atoms with van der Waals surface area (Å²) in [6, 6.07) is 8.25. The molecule has 0 saturated carbocycles. The number of nitrogens with one attached hydrogen (secondary N) is 2. The lowest BCUT2D eigenvalue weighted by Gasteiger charge is -2.27. The molecule has 1 aliphatic carbocycles. The second-order valence-electron chi connectivity index (χ2n) is 7.40. The molecule has 0 spiro atoms. The minimum atomic E-state index is -0.360. The summed E-state index contributed by atoms with van der Waals surface area (Å²) in [7, 11) is 0. The van der Waals surface area contributed by atoms with Crippen LogP contribution in [-0.2, 0) is 6.42 Å². The lowest BCUT2D eigenvalue weighted by molar-refractivity contribution is 0.128. The Morgan fingerprint density at radius 2 is 2.09 bits per heavy atom. The second-order valence-corrected chi connectivity index (χ2v) is 7.40. The maximum atomic E-state index is 12.2. The molecule has 0 aromatic heterocycles. The van der Waals surface area contributed by atoms with Gasteiger partial charge in [-0.25, -0.2) is 4.79 Å². The van der Waals surface area contributed by atoms with Crippen molar-refractivity contribution in [3.63, 3.8) is 0 Å². The fourth-order valence-corrected chi connectivity index (χ4v) is 3.40.